The van der Waals surface area contributed by atoms with Gasteiger partial charge in [-0.15, -0.1) is 0 Å². The zero-order valence-electron chi connectivity index (χ0n) is 12.0. The average Bonchev–Trinajstić information content (AvgIpc) is 2.40. The molecule has 0 saturated heterocycles. The number of pyridine rings is 1. The molecule has 114 valence electrons. The standard InChI is InChI=1S/C14H18N2O5/c1-14(2)7-5-9(6-8-14)21-12-11(16(19)20)4-3-10(15-12)13(17)18/h3-4,9H,5-8H2,1-2H3,(H,17,18). The van der Waals surface area contributed by atoms with Crippen LogP contribution in [-0.2, 0) is 0 Å². The highest BCUT2D eigenvalue weighted by Crippen LogP contribution is 2.37. The van der Waals surface area contributed by atoms with Crippen molar-refractivity contribution in [3.63, 3.8) is 0 Å². The van der Waals surface area contributed by atoms with Gasteiger partial charge in [-0.05, 0) is 37.2 Å². The highest BCUT2D eigenvalue weighted by atomic mass is 16.6. The third-order valence-corrected chi connectivity index (χ3v) is 3.82. The number of rotatable bonds is 4. The van der Waals surface area contributed by atoms with Crippen molar-refractivity contribution in [1.29, 1.82) is 0 Å². The van der Waals surface area contributed by atoms with Gasteiger partial charge in [-0.1, -0.05) is 13.8 Å². The molecule has 0 atom stereocenters. The summed E-state index contributed by atoms with van der Waals surface area (Å²) in [5, 5.41) is 19.9. The Labute approximate surface area is 122 Å². The lowest BCUT2D eigenvalue weighted by Gasteiger charge is -2.33. The van der Waals surface area contributed by atoms with Crippen LogP contribution in [0, 0.1) is 15.5 Å². The first-order chi connectivity index (χ1) is 9.78. The molecule has 1 N–H and O–H groups in total. The number of hydrogen-bond donors (Lipinski definition) is 1. The van der Waals surface area contributed by atoms with Gasteiger partial charge in [-0.2, -0.15) is 0 Å². The van der Waals surface area contributed by atoms with E-state index >= 15 is 0 Å². The summed E-state index contributed by atoms with van der Waals surface area (Å²) < 4.78 is 5.62. The van der Waals surface area contributed by atoms with Gasteiger partial charge in [0.2, 0.25) is 0 Å². The van der Waals surface area contributed by atoms with E-state index in [0.29, 0.717) is 0 Å². The highest BCUT2D eigenvalue weighted by Gasteiger charge is 2.30. The van der Waals surface area contributed by atoms with E-state index in [4.69, 9.17) is 9.84 Å². The van der Waals surface area contributed by atoms with E-state index in [-0.39, 0.29) is 28.8 Å². The predicted octanol–water partition coefficient (Wildman–Crippen LogP) is 3.04. The van der Waals surface area contributed by atoms with Crippen LogP contribution in [0.4, 0.5) is 5.69 Å². The van der Waals surface area contributed by atoms with Gasteiger partial charge in [0.15, 0.2) is 5.69 Å². The van der Waals surface area contributed by atoms with Gasteiger partial charge in [0.25, 0.3) is 5.88 Å². The zero-order valence-corrected chi connectivity index (χ0v) is 12.0. The second-order valence-electron chi connectivity index (χ2n) is 6.06. The Morgan fingerprint density at radius 3 is 2.57 bits per heavy atom. The molecule has 0 spiro atoms. The van der Waals surface area contributed by atoms with Crippen LogP contribution in [0.2, 0.25) is 0 Å². The van der Waals surface area contributed by atoms with E-state index in [1.165, 1.54) is 0 Å². The quantitative estimate of drug-likeness (QED) is 0.676. The van der Waals surface area contributed by atoms with Gasteiger partial charge in [0.05, 0.1) is 4.92 Å². The van der Waals surface area contributed by atoms with E-state index < -0.39 is 10.9 Å². The summed E-state index contributed by atoms with van der Waals surface area (Å²) in [6.07, 6.45) is 3.33. The summed E-state index contributed by atoms with van der Waals surface area (Å²) in [5.74, 6) is -1.44. The maximum Gasteiger partial charge on any atom is 0.354 e. The Balaban J connectivity index is 2.19. The van der Waals surface area contributed by atoms with E-state index in [2.05, 4.69) is 18.8 Å². The van der Waals surface area contributed by atoms with Crippen LogP contribution in [0.15, 0.2) is 12.1 Å². The van der Waals surface area contributed by atoms with Gasteiger partial charge >= 0.3 is 11.7 Å². The first-order valence-electron chi connectivity index (χ1n) is 6.84. The van der Waals surface area contributed by atoms with E-state index in [9.17, 15) is 14.9 Å². The highest BCUT2D eigenvalue weighted by molar-refractivity contribution is 5.85. The molecule has 0 amide bonds. The minimum atomic E-state index is -1.24. The van der Waals surface area contributed by atoms with E-state index in [1.807, 2.05) is 0 Å². The van der Waals surface area contributed by atoms with Crippen molar-refractivity contribution in [2.75, 3.05) is 0 Å². The van der Waals surface area contributed by atoms with Crippen molar-refractivity contribution in [3.05, 3.63) is 27.9 Å². The van der Waals surface area contributed by atoms with Gasteiger partial charge in [-0.25, -0.2) is 9.78 Å². The number of carbonyl (C=O) groups is 1. The molecule has 7 heteroatoms. The van der Waals surface area contributed by atoms with E-state index in [1.54, 1.807) is 0 Å². The second-order valence-corrected chi connectivity index (χ2v) is 6.06. The molecule has 0 aliphatic heterocycles. The van der Waals surface area contributed by atoms with Crippen LogP contribution in [0.25, 0.3) is 0 Å². The number of carboxylic acid groups (broad SMARTS) is 1. The van der Waals surface area contributed by atoms with Crippen LogP contribution in [0.1, 0.15) is 50.0 Å². The molecular weight excluding hydrogens is 276 g/mol. The predicted molar refractivity (Wildman–Crippen MR) is 74.5 cm³/mol. The van der Waals surface area contributed by atoms with Crippen LogP contribution >= 0.6 is 0 Å². The molecule has 1 saturated carbocycles. The Bertz CT molecular complexity index is 560. The minimum Gasteiger partial charge on any atom is -0.477 e. The molecule has 1 heterocycles. The van der Waals surface area contributed by atoms with Gasteiger partial charge < -0.3 is 9.84 Å². The fourth-order valence-electron chi connectivity index (χ4n) is 2.43. The maximum absolute atomic E-state index is 11.0. The summed E-state index contributed by atoms with van der Waals surface area (Å²) >= 11 is 0. The first-order valence-corrected chi connectivity index (χ1v) is 6.84. The normalized spacial score (nSPS) is 18.2. The number of ether oxygens (including phenoxy) is 1. The molecule has 1 aromatic rings. The topological polar surface area (TPSA) is 103 Å². The molecule has 1 aromatic heterocycles. The van der Waals surface area contributed by atoms with Crippen molar-refractivity contribution in [3.8, 4) is 5.88 Å². The Kier molecular flexibility index (Phi) is 4.11. The smallest absolute Gasteiger partial charge is 0.354 e. The third kappa shape index (κ3) is 3.68. The summed E-state index contributed by atoms with van der Waals surface area (Å²) in [5.41, 5.74) is -0.307. The average molecular weight is 294 g/mol. The van der Waals surface area contributed by atoms with Crippen molar-refractivity contribution in [2.24, 2.45) is 5.41 Å². The summed E-state index contributed by atoms with van der Waals surface area (Å²) in [6.45, 7) is 4.35. The molecule has 1 aliphatic rings. The van der Waals surface area contributed by atoms with Crippen molar-refractivity contribution >= 4 is 11.7 Å². The summed E-state index contributed by atoms with van der Waals surface area (Å²) in [6, 6.07) is 2.23. The Morgan fingerprint density at radius 1 is 1.43 bits per heavy atom. The van der Waals surface area contributed by atoms with Crippen LogP contribution < -0.4 is 4.74 Å². The number of carboxylic acids is 1. The molecular formula is C14H18N2O5. The maximum atomic E-state index is 11.0. The SMILES string of the molecule is CC1(C)CCC(Oc2nc(C(=O)O)ccc2[N+](=O)[O-])CC1. The molecule has 0 aromatic carbocycles. The molecule has 1 aliphatic carbocycles. The largest absolute Gasteiger partial charge is 0.477 e. The minimum absolute atomic E-state index is 0.159. The monoisotopic (exact) mass is 294 g/mol. The molecule has 0 bridgehead atoms. The van der Waals surface area contributed by atoms with Gasteiger partial charge in [0, 0.05) is 6.07 Å². The van der Waals surface area contributed by atoms with Gasteiger partial charge in [0.1, 0.15) is 6.10 Å². The second kappa shape index (κ2) is 5.67. The Morgan fingerprint density at radius 2 is 2.05 bits per heavy atom. The first kappa shape index (κ1) is 15.2. The number of aromatic carboxylic acids is 1. The number of nitrogens with zero attached hydrogens (tertiary/aromatic N) is 2. The lowest BCUT2D eigenvalue weighted by atomic mass is 9.76. The van der Waals surface area contributed by atoms with Crippen molar-refractivity contribution in [2.45, 2.75) is 45.6 Å². The molecule has 7 nitrogen and oxygen atoms in total. The van der Waals surface area contributed by atoms with Crippen LogP contribution in [-0.4, -0.2) is 27.1 Å². The zero-order chi connectivity index (χ0) is 15.6. The van der Waals surface area contributed by atoms with Gasteiger partial charge in [-0.3, -0.25) is 10.1 Å². The molecule has 0 radical (unpaired) electrons. The fourth-order valence-corrected chi connectivity index (χ4v) is 2.43. The van der Waals surface area contributed by atoms with Crippen LogP contribution in [0.3, 0.4) is 0 Å². The molecule has 1 fully saturated rings. The molecule has 2 rings (SSSR count). The summed E-state index contributed by atoms with van der Waals surface area (Å²) in [4.78, 5) is 25.1. The molecule has 21 heavy (non-hydrogen) atoms. The van der Waals surface area contributed by atoms with Crippen LogP contribution in [0.5, 0.6) is 5.88 Å². The number of aromatic nitrogens is 1. The van der Waals surface area contributed by atoms with Crippen molar-refractivity contribution in [1.82, 2.24) is 4.98 Å². The lowest BCUT2D eigenvalue weighted by molar-refractivity contribution is -0.386. The number of hydrogen-bond acceptors (Lipinski definition) is 5. The number of nitro groups is 1. The van der Waals surface area contributed by atoms with Crippen molar-refractivity contribution < 1.29 is 19.6 Å². The van der Waals surface area contributed by atoms with E-state index in [0.717, 1.165) is 37.8 Å². The third-order valence-electron chi connectivity index (χ3n) is 3.82. The summed E-state index contributed by atoms with van der Waals surface area (Å²) in [7, 11) is 0. The fraction of sp³-hybridized carbons (Fsp3) is 0.571. The Hall–Kier alpha value is -2.18. The molecule has 0 unspecified atom stereocenters. The lowest BCUT2D eigenvalue weighted by Crippen LogP contribution is -2.29.